The van der Waals surface area contributed by atoms with E-state index in [2.05, 4.69) is 27.7 Å². The normalized spacial score (nSPS) is 12.7. The largest absolute Gasteiger partial charge is 0.395 e. The van der Waals surface area contributed by atoms with E-state index in [1.807, 2.05) is 0 Å². The second-order valence-corrected chi connectivity index (χ2v) is 5.37. The zero-order valence-electron chi connectivity index (χ0n) is 6.64. The maximum Gasteiger partial charge on any atom is 0.0572 e. The lowest BCUT2D eigenvalue weighted by atomic mass is 10.2. The Labute approximate surface area is 61.8 Å². The predicted octanol–water partition coefficient (Wildman–Crippen LogP) is 1.90. The minimum absolute atomic E-state index is 0.0359. The van der Waals surface area contributed by atoms with Gasteiger partial charge in [0.25, 0.3) is 0 Å². The van der Waals surface area contributed by atoms with Crippen LogP contribution in [0.2, 0.25) is 0 Å². The Morgan fingerprint density at radius 2 is 1.89 bits per heavy atom. The number of rotatable bonds is 3. The summed E-state index contributed by atoms with van der Waals surface area (Å²) >= 11 is 1.81. The first-order valence-corrected chi connectivity index (χ1v) is 4.14. The zero-order chi connectivity index (χ0) is 7.49. The maximum atomic E-state index is 8.82. The highest BCUT2D eigenvalue weighted by atomic mass is 32.2. The first-order valence-electron chi connectivity index (χ1n) is 3.26. The van der Waals surface area contributed by atoms with Crippen LogP contribution in [0, 0.1) is 0 Å². The summed E-state index contributed by atoms with van der Waals surface area (Å²) in [5, 5.41) is 9.43. The van der Waals surface area contributed by atoms with Gasteiger partial charge in [0.1, 0.15) is 0 Å². The topological polar surface area (TPSA) is 20.2 Å². The molecule has 56 valence electrons. The molecule has 0 aliphatic rings. The van der Waals surface area contributed by atoms with Crippen LogP contribution in [0.4, 0.5) is 0 Å². The van der Waals surface area contributed by atoms with Crippen molar-refractivity contribution in [3.8, 4) is 0 Å². The van der Waals surface area contributed by atoms with E-state index in [0.29, 0.717) is 5.25 Å². The van der Waals surface area contributed by atoms with E-state index in [-0.39, 0.29) is 11.4 Å². The van der Waals surface area contributed by atoms with Crippen LogP contribution < -0.4 is 0 Å². The summed E-state index contributed by atoms with van der Waals surface area (Å²) < 4.78 is 0.0359. The van der Waals surface area contributed by atoms with Gasteiger partial charge in [-0.25, -0.2) is 0 Å². The Morgan fingerprint density at radius 3 is 2.00 bits per heavy atom. The fourth-order valence-corrected chi connectivity index (χ4v) is 2.03. The number of aliphatic hydroxyl groups is 1. The lowest BCUT2D eigenvalue weighted by Crippen LogP contribution is -2.22. The van der Waals surface area contributed by atoms with Crippen LogP contribution in [0.25, 0.3) is 0 Å². The van der Waals surface area contributed by atoms with Gasteiger partial charge in [0, 0.05) is 4.75 Å². The minimum Gasteiger partial charge on any atom is -0.395 e. The predicted molar refractivity (Wildman–Crippen MR) is 43.9 cm³/mol. The van der Waals surface area contributed by atoms with E-state index in [0.717, 1.165) is 0 Å². The van der Waals surface area contributed by atoms with Gasteiger partial charge in [0.2, 0.25) is 0 Å². The molecule has 0 saturated carbocycles. The van der Waals surface area contributed by atoms with Crippen molar-refractivity contribution < 1.29 is 5.11 Å². The van der Waals surface area contributed by atoms with Crippen molar-refractivity contribution >= 4 is 11.8 Å². The highest BCUT2D eigenvalue weighted by Gasteiger charge is 2.17. The van der Waals surface area contributed by atoms with Gasteiger partial charge in [-0.3, -0.25) is 0 Å². The van der Waals surface area contributed by atoms with Crippen LogP contribution in [-0.4, -0.2) is 21.7 Å². The van der Waals surface area contributed by atoms with Crippen molar-refractivity contribution in [1.82, 2.24) is 0 Å². The minimum atomic E-state index is 0.0359. The molecule has 0 rings (SSSR count). The summed E-state index contributed by atoms with van der Waals surface area (Å²) in [6, 6.07) is 0. The molecule has 0 aliphatic carbocycles. The molecule has 0 unspecified atom stereocenters. The summed E-state index contributed by atoms with van der Waals surface area (Å²) in [7, 11) is 0. The standard InChI is InChI=1S/C7H16OS/c1-6(2)9-7(3,4)5-8/h6,8H,5H2,1-4H3. The lowest BCUT2D eigenvalue weighted by Gasteiger charge is -2.22. The fourth-order valence-electron chi connectivity index (χ4n) is 0.675. The van der Waals surface area contributed by atoms with E-state index in [1.165, 1.54) is 0 Å². The molecule has 0 amide bonds. The average Bonchev–Trinajstić information content (AvgIpc) is 1.63. The number of thioether (sulfide) groups is 1. The van der Waals surface area contributed by atoms with Crippen LogP contribution >= 0.6 is 11.8 Å². The zero-order valence-corrected chi connectivity index (χ0v) is 7.46. The SMILES string of the molecule is CC(C)SC(C)(C)CO. The highest BCUT2D eigenvalue weighted by Crippen LogP contribution is 2.27. The molecule has 0 fully saturated rings. The monoisotopic (exact) mass is 148 g/mol. The molecule has 2 heteroatoms. The summed E-state index contributed by atoms with van der Waals surface area (Å²) in [5.41, 5.74) is 0. The fraction of sp³-hybridized carbons (Fsp3) is 1.00. The number of aliphatic hydroxyl groups excluding tert-OH is 1. The van der Waals surface area contributed by atoms with Gasteiger partial charge in [0.05, 0.1) is 6.61 Å². The molecule has 0 aromatic carbocycles. The highest BCUT2D eigenvalue weighted by molar-refractivity contribution is 8.01. The molecule has 1 nitrogen and oxygen atoms in total. The van der Waals surface area contributed by atoms with E-state index in [4.69, 9.17) is 5.11 Å². The maximum absolute atomic E-state index is 8.82. The molecule has 1 N–H and O–H groups in total. The van der Waals surface area contributed by atoms with E-state index < -0.39 is 0 Å². The van der Waals surface area contributed by atoms with Crippen molar-refractivity contribution in [1.29, 1.82) is 0 Å². The van der Waals surface area contributed by atoms with Gasteiger partial charge in [-0.2, -0.15) is 11.8 Å². The summed E-state index contributed by atoms with van der Waals surface area (Å²) in [6.45, 7) is 8.65. The van der Waals surface area contributed by atoms with Crippen molar-refractivity contribution in [3.63, 3.8) is 0 Å². The third-order valence-electron chi connectivity index (χ3n) is 0.936. The van der Waals surface area contributed by atoms with Gasteiger partial charge in [-0.05, 0) is 19.1 Å². The molecule has 0 atom stereocenters. The van der Waals surface area contributed by atoms with Crippen molar-refractivity contribution in [2.75, 3.05) is 6.61 Å². The molecule has 0 heterocycles. The number of hydrogen-bond donors (Lipinski definition) is 1. The molecule has 0 aromatic rings. The molecule has 0 saturated heterocycles. The Balaban J connectivity index is 3.58. The van der Waals surface area contributed by atoms with Gasteiger partial charge in [-0.15, -0.1) is 0 Å². The van der Waals surface area contributed by atoms with Crippen LogP contribution in [0.3, 0.4) is 0 Å². The van der Waals surface area contributed by atoms with Crippen LogP contribution in [0.1, 0.15) is 27.7 Å². The van der Waals surface area contributed by atoms with E-state index >= 15 is 0 Å². The van der Waals surface area contributed by atoms with Gasteiger partial charge < -0.3 is 5.11 Å². The third-order valence-corrected chi connectivity index (χ3v) is 2.17. The van der Waals surface area contributed by atoms with Crippen molar-refractivity contribution in [2.24, 2.45) is 0 Å². The average molecular weight is 148 g/mol. The first kappa shape index (κ1) is 9.31. The Kier molecular flexibility index (Phi) is 3.59. The van der Waals surface area contributed by atoms with Gasteiger partial charge in [-0.1, -0.05) is 13.8 Å². The van der Waals surface area contributed by atoms with Gasteiger partial charge in [0.15, 0.2) is 0 Å². The molecule has 0 spiro atoms. The van der Waals surface area contributed by atoms with Crippen molar-refractivity contribution in [3.05, 3.63) is 0 Å². The Bertz CT molecular complexity index is 79.0. The Hall–Kier alpha value is 0.310. The third kappa shape index (κ3) is 4.79. The lowest BCUT2D eigenvalue weighted by molar-refractivity contribution is 0.264. The Morgan fingerprint density at radius 1 is 1.44 bits per heavy atom. The van der Waals surface area contributed by atoms with Crippen LogP contribution in [-0.2, 0) is 0 Å². The molecule has 0 aliphatic heterocycles. The second-order valence-electron chi connectivity index (χ2n) is 3.08. The quantitative estimate of drug-likeness (QED) is 0.659. The van der Waals surface area contributed by atoms with Crippen molar-refractivity contribution in [2.45, 2.75) is 37.7 Å². The van der Waals surface area contributed by atoms with Gasteiger partial charge >= 0.3 is 0 Å². The molecular weight excluding hydrogens is 132 g/mol. The summed E-state index contributed by atoms with van der Waals surface area (Å²) in [4.78, 5) is 0. The van der Waals surface area contributed by atoms with Crippen LogP contribution in [0.5, 0.6) is 0 Å². The molecule has 0 radical (unpaired) electrons. The van der Waals surface area contributed by atoms with Crippen LogP contribution in [0.15, 0.2) is 0 Å². The molecule has 9 heavy (non-hydrogen) atoms. The number of hydrogen-bond acceptors (Lipinski definition) is 2. The van der Waals surface area contributed by atoms with E-state index in [9.17, 15) is 0 Å². The molecule has 0 bridgehead atoms. The summed E-state index contributed by atoms with van der Waals surface area (Å²) in [5.74, 6) is 0. The molecular formula is C7H16OS. The molecule has 0 aromatic heterocycles. The van der Waals surface area contributed by atoms with E-state index in [1.54, 1.807) is 11.8 Å². The smallest absolute Gasteiger partial charge is 0.0572 e. The summed E-state index contributed by atoms with van der Waals surface area (Å²) in [6.07, 6.45) is 0. The second kappa shape index (κ2) is 3.47. The first-order chi connectivity index (χ1) is 3.98.